The van der Waals surface area contributed by atoms with E-state index in [1.807, 2.05) is 9.80 Å². The van der Waals surface area contributed by atoms with Crippen LogP contribution in [0.5, 0.6) is 0 Å². The molecule has 2 heterocycles. The summed E-state index contributed by atoms with van der Waals surface area (Å²) < 4.78 is 0. The third kappa shape index (κ3) is 3.46. The summed E-state index contributed by atoms with van der Waals surface area (Å²) in [5, 5.41) is 0. The van der Waals surface area contributed by atoms with Crippen LogP contribution in [0.3, 0.4) is 0 Å². The number of likely N-dealkylation sites (tertiary alicyclic amines) is 2. The molecule has 5 heteroatoms. The number of hydrogen-bond acceptors (Lipinski definition) is 2. The van der Waals surface area contributed by atoms with Gasteiger partial charge in [0.05, 0.1) is 4.83 Å². The van der Waals surface area contributed by atoms with Crippen molar-refractivity contribution in [1.82, 2.24) is 9.80 Å². The first-order valence-corrected chi connectivity index (χ1v) is 7.80. The zero-order chi connectivity index (χ0) is 13.0. The highest BCUT2D eigenvalue weighted by atomic mass is 79.9. The number of alkyl halides is 1. The Balaban J connectivity index is 1.76. The van der Waals surface area contributed by atoms with Crippen LogP contribution in [0.2, 0.25) is 0 Å². The first-order valence-electron chi connectivity index (χ1n) is 6.89. The van der Waals surface area contributed by atoms with Gasteiger partial charge in [0.1, 0.15) is 0 Å². The fraction of sp³-hybridized carbons (Fsp3) is 0.846. The summed E-state index contributed by atoms with van der Waals surface area (Å²) in [5.41, 5.74) is 0. The number of piperidine rings is 2. The maximum Gasteiger partial charge on any atom is 0.236 e. The van der Waals surface area contributed by atoms with Gasteiger partial charge in [-0.3, -0.25) is 9.59 Å². The lowest BCUT2D eigenvalue weighted by molar-refractivity contribution is -0.135. The number of carbonyl (C=O) groups excluding carboxylic acids is 2. The smallest absolute Gasteiger partial charge is 0.236 e. The van der Waals surface area contributed by atoms with Crippen molar-refractivity contribution < 1.29 is 9.59 Å². The maximum absolute atomic E-state index is 12.0. The third-order valence-electron chi connectivity index (χ3n) is 3.77. The summed E-state index contributed by atoms with van der Waals surface area (Å²) in [5.74, 6) is 0.354. The Kier molecular flexibility index (Phi) is 5.03. The van der Waals surface area contributed by atoms with Crippen molar-refractivity contribution in [3.8, 4) is 0 Å². The SMILES string of the molecule is O=C(CCN1CCCC(Br)C1=O)N1CCCCC1. The summed E-state index contributed by atoms with van der Waals surface area (Å²) in [7, 11) is 0. The number of amides is 2. The Morgan fingerprint density at radius 1 is 1.17 bits per heavy atom. The average molecular weight is 317 g/mol. The molecule has 2 aliphatic heterocycles. The summed E-state index contributed by atoms with van der Waals surface area (Å²) in [4.78, 5) is 27.6. The fourth-order valence-electron chi connectivity index (χ4n) is 2.65. The Morgan fingerprint density at radius 3 is 2.61 bits per heavy atom. The normalized spacial score (nSPS) is 25.4. The molecule has 2 saturated heterocycles. The van der Waals surface area contributed by atoms with E-state index in [4.69, 9.17) is 0 Å². The van der Waals surface area contributed by atoms with E-state index < -0.39 is 0 Å². The van der Waals surface area contributed by atoms with E-state index in [1.54, 1.807) is 0 Å². The van der Waals surface area contributed by atoms with Gasteiger partial charge in [-0.1, -0.05) is 15.9 Å². The van der Waals surface area contributed by atoms with Crippen LogP contribution in [-0.2, 0) is 9.59 Å². The lowest BCUT2D eigenvalue weighted by atomic mass is 10.1. The van der Waals surface area contributed by atoms with Crippen molar-refractivity contribution >= 4 is 27.7 Å². The molecule has 2 fully saturated rings. The molecule has 2 aliphatic rings. The van der Waals surface area contributed by atoms with E-state index in [0.717, 1.165) is 45.3 Å². The summed E-state index contributed by atoms with van der Waals surface area (Å²) in [6.45, 7) is 3.17. The molecule has 4 nitrogen and oxygen atoms in total. The average Bonchev–Trinajstić information content (AvgIpc) is 2.41. The minimum absolute atomic E-state index is 0.0451. The lowest BCUT2D eigenvalue weighted by Crippen LogP contribution is -2.44. The Labute approximate surface area is 117 Å². The molecule has 1 unspecified atom stereocenters. The lowest BCUT2D eigenvalue weighted by Gasteiger charge is -2.31. The molecule has 0 aliphatic carbocycles. The highest BCUT2D eigenvalue weighted by Crippen LogP contribution is 2.19. The molecule has 102 valence electrons. The van der Waals surface area contributed by atoms with E-state index in [2.05, 4.69) is 15.9 Å². The maximum atomic E-state index is 12.0. The van der Waals surface area contributed by atoms with E-state index in [-0.39, 0.29) is 16.6 Å². The molecule has 0 aromatic rings. The van der Waals surface area contributed by atoms with Gasteiger partial charge < -0.3 is 9.80 Å². The topological polar surface area (TPSA) is 40.6 Å². The predicted molar refractivity (Wildman–Crippen MR) is 73.6 cm³/mol. The molecule has 0 saturated carbocycles. The Hall–Kier alpha value is -0.580. The second-order valence-electron chi connectivity index (χ2n) is 5.13. The van der Waals surface area contributed by atoms with E-state index >= 15 is 0 Å². The highest BCUT2D eigenvalue weighted by molar-refractivity contribution is 9.10. The van der Waals surface area contributed by atoms with Crippen molar-refractivity contribution in [3.05, 3.63) is 0 Å². The van der Waals surface area contributed by atoms with Gasteiger partial charge in [0.25, 0.3) is 0 Å². The summed E-state index contributed by atoms with van der Waals surface area (Å²) >= 11 is 3.39. The number of nitrogens with zero attached hydrogens (tertiary/aromatic N) is 2. The zero-order valence-corrected chi connectivity index (χ0v) is 12.3. The molecule has 18 heavy (non-hydrogen) atoms. The second-order valence-corrected chi connectivity index (χ2v) is 6.23. The van der Waals surface area contributed by atoms with E-state index in [0.29, 0.717) is 13.0 Å². The summed E-state index contributed by atoms with van der Waals surface area (Å²) in [6, 6.07) is 0. The first kappa shape index (κ1) is 13.8. The van der Waals surface area contributed by atoms with E-state index in [9.17, 15) is 9.59 Å². The molecule has 0 aromatic heterocycles. The van der Waals surface area contributed by atoms with Gasteiger partial charge in [0, 0.05) is 32.6 Å². The molecule has 1 atom stereocenters. The van der Waals surface area contributed by atoms with Gasteiger partial charge in [0.15, 0.2) is 0 Å². The van der Waals surface area contributed by atoms with Crippen molar-refractivity contribution in [3.63, 3.8) is 0 Å². The van der Waals surface area contributed by atoms with Crippen LogP contribution in [0.4, 0.5) is 0 Å². The van der Waals surface area contributed by atoms with Crippen LogP contribution in [-0.4, -0.2) is 52.6 Å². The van der Waals surface area contributed by atoms with E-state index in [1.165, 1.54) is 6.42 Å². The van der Waals surface area contributed by atoms with Crippen LogP contribution in [0, 0.1) is 0 Å². The second kappa shape index (κ2) is 6.55. The van der Waals surface area contributed by atoms with Crippen molar-refractivity contribution in [1.29, 1.82) is 0 Å². The molecule has 0 spiro atoms. The molecule has 0 bridgehead atoms. The van der Waals surface area contributed by atoms with Crippen LogP contribution >= 0.6 is 15.9 Å². The van der Waals surface area contributed by atoms with Gasteiger partial charge in [-0.2, -0.15) is 0 Å². The monoisotopic (exact) mass is 316 g/mol. The molecule has 0 N–H and O–H groups in total. The minimum atomic E-state index is -0.0451. The molecular weight excluding hydrogens is 296 g/mol. The fourth-order valence-corrected chi connectivity index (χ4v) is 3.26. The van der Waals surface area contributed by atoms with Gasteiger partial charge in [-0.25, -0.2) is 0 Å². The van der Waals surface area contributed by atoms with Gasteiger partial charge >= 0.3 is 0 Å². The summed E-state index contributed by atoms with van der Waals surface area (Å²) in [6.07, 6.45) is 5.90. The number of halogens is 1. The number of hydrogen-bond donors (Lipinski definition) is 0. The third-order valence-corrected chi connectivity index (χ3v) is 4.62. The molecular formula is C13H21BrN2O2. The largest absolute Gasteiger partial charge is 0.343 e. The van der Waals surface area contributed by atoms with Crippen molar-refractivity contribution in [2.24, 2.45) is 0 Å². The first-order chi connectivity index (χ1) is 8.68. The minimum Gasteiger partial charge on any atom is -0.343 e. The van der Waals surface area contributed by atoms with Crippen molar-refractivity contribution in [2.45, 2.75) is 43.4 Å². The molecule has 0 aromatic carbocycles. The van der Waals surface area contributed by atoms with Crippen LogP contribution in [0.15, 0.2) is 0 Å². The van der Waals surface area contributed by atoms with Gasteiger partial charge in [-0.05, 0) is 32.1 Å². The highest BCUT2D eigenvalue weighted by Gasteiger charge is 2.27. The van der Waals surface area contributed by atoms with Crippen molar-refractivity contribution in [2.75, 3.05) is 26.2 Å². The van der Waals surface area contributed by atoms with Gasteiger partial charge in [0.2, 0.25) is 11.8 Å². The standard InChI is InChI=1S/C13H21BrN2O2/c14-11-5-4-9-16(13(11)18)10-6-12(17)15-7-2-1-3-8-15/h11H,1-10H2. The molecule has 2 amide bonds. The van der Waals surface area contributed by atoms with Crippen LogP contribution in [0.25, 0.3) is 0 Å². The zero-order valence-electron chi connectivity index (χ0n) is 10.7. The molecule has 2 rings (SSSR count). The number of carbonyl (C=O) groups is 2. The van der Waals surface area contributed by atoms with Crippen LogP contribution < -0.4 is 0 Å². The predicted octanol–water partition coefficient (Wildman–Crippen LogP) is 1.77. The molecule has 0 radical (unpaired) electrons. The van der Waals surface area contributed by atoms with Gasteiger partial charge in [-0.15, -0.1) is 0 Å². The Morgan fingerprint density at radius 2 is 1.89 bits per heavy atom. The quantitative estimate of drug-likeness (QED) is 0.745. The number of rotatable bonds is 3. The Bertz CT molecular complexity index is 316. The van der Waals surface area contributed by atoms with Crippen LogP contribution in [0.1, 0.15) is 38.5 Å².